The van der Waals surface area contributed by atoms with Crippen molar-refractivity contribution in [1.29, 1.82) is 0 Å². The van der Waals surface area contributed by atoms with Crippen LogP contribution in [0.3, 0.4) is 0 Å². The van der Waals surface area contributed by atoms with Gasteiger partial charge in [-0.1, -0.05) is 63.4 Å². The summed E-state index contributed by atoms with van der Waals surface area (Å²) in [6, 6.07) is 13.2. The summed E-state index contributed by atoms with van der Waals surface area (Å²) >= 11 is 15.9. The van der Waals surface area contributed by atoms with Gasteiger partial charge >= 0.3 is 0 Å². The molecule has 2 N–H and O–H groups in total. The molecular weight excluding hydrogens is 333 g/mol. The minimum absolute atomic E-state index is 0.620. The molecule has 2 rings (SSSR count). The lowest BCUT2D eigenvalue weighted by Gasteiger charge is -2.28. The first-order valence-corrected chi connectivity index (χ1v) is 6.97. The summed E-state index contributed by atoms with van der Waals surface area (Å²) in [5, 5.41) is 1.26. The summed E-state index contributed by atoms with van der Waals surface area (Å²) in [6.45, 7) is 1.91. The maximum Gasteiger partial charge on any atom is 0.0666 e. The van der Waals surface area contributed by atoms with E-state index in [2.05, 4.69) is 15.9 Å². The Bertz CT molecular complexity index is 582. The number of benzene rings is 2. The van der Waals surface area contributed by atoms with E-state index in [1.165, 1.54) is 0 Å². The van der Waals surface area contributed by atoms with Crippen molar-refractivity contribution >= 4 is 39.1 Å². The molecule has 0 fully saturated rings. The van der Waals surface area contributed by atoms with Gasteiger partial charge in [0.15, 0.2) is 0 Å². The van der Waals surface area contributed by atoms with Crippen molar-refractivity contribution < 1.29 is 0 Å². The minimum Gasteiger partial charge on any atom is -0.318 e. The maximum atomic E-state index is 6.43. The average molecular weight is 345 g/mol. The fourth-order valence-corrected chi connectivity index (χ4v) is 3.14. The lowest BCUT2D eigenvalue weighted by atomic mass is 9.85. The summed E-state index contributed by atoms with van der Waals surface area (Å²) in [7, 11) is 0. The van der Waals surface area contributed by atoms with Gasteiger partial charge in [-0.05, 0) is 36.2 Å². The number of hydrogen-bond donors (Lipinski definition) is 1. The highest BCUT2D eigenvalue weighted by atomic mass is 79.9. The Balaban J connectivity index is 2.58. The van der Waals surface area contributed by atoms with Gasteiger partial charge in [0.25, 0.3) is 0 Å². The molecule has 0 saturated heterocycles. The molecular formula is C14H12BrCl2N. The van der Waals surface area contributed by atoms with Crippen LogP contribution in [0.2, 0.25) is 10.0 Å². The van der Waals surface area contributed by atoms with E-state index < -0.39 is 5.54 Å². The molecule has 2 aromatic carbocycles. The van der Waals surface area contributed by atoms with Gasteiger partial charge in [-0.25, -0.2) is 0 Å². The predicted molar refractivity (Wildman–Crippen MR) is 81.2 cm³/mol. The van der Waals surface area contributed by atoms with Crippen molar-refractivity contribution in [1.82, 2.24) is 0 Å². The van der Waals surface area contributed by atoms with Crippen LogP contribution in [-0.2, 0) is 5.54 Å². The van der Waals surface area contributed by atoms with Crippen molar-refractivity contribution in [3.05, 3.63) is 68.1 Å². The van der Waals surface area contributed by atoms with Gasteiger partial charge in [0.05, 0.1) is 5.54 Å². The van der Waals surface area contributed by atoms with E-state index in [0.29, 0.717) is 10.0 Å². The van der Waals surface area contributed by atoms with Crippen molar-refractivity contribution in [2.45, 2.75) is 12.5 Å². The topological polar surface area (TPSA) is 26.0 Å². The molecule has 0 heterocycles. The number of nitrogens with two attached hydrogens (primary N) is 1. The molecule has 0 aliphatic heterocycles. The molecule has 0 saturated carbocycles. The zero-order valence-corrected chi connectivity index (χ0v) is 12.9. The standard InChI is InChI=1S/C14H12BrCl2N/c1-14(18,10-4-2-3-5-12(10)16)11-7-6-9(15)8-13(11)17/h2-8H,18H2,1H3. The van der Waals surface area contributed by atoms with Gasteiger partial charge in [0, 0.05) is 14.5 Å². The summed E-state index contributed by atoms with van der Waals surface area (Å²) in [5.41, 5.74) is 7.41. The van der Waals surface area contributed by atoms with Gasteiger partial charge in [-0.2, -0.15) is 0 Å². The average Bonchev–Trinajstić information content (AvgIpc) is 2.28. The first-order valence-electron chi connectivity index (χ1n) is 5.42. The highest BCUT2D eigenvalue weighted by molar-refractivity contribution is 9.10. The van der Waals surface area contributed by atoms with E-state index in [4.69, 9.17) is 28.9 Å². The number of hydrogen-bond acceptors (Lipinski definition) is 1. The Labute approximate surface area is 125 Å². The minimum atomic E-state index is -0.726. The Kier molecular flexibility index (Phi) is 4.02. The summed E-state index contributed by atoms with van der Waals surface area (Å²) in [6.07, 6.45) is 0. The lowest BCUT2D eigenvalue weighted by molar-refractivity contribution is 0.603. The predicted octanol–water partition coefficient (Wildman–Crippen LogP) is 4.98. The molecule has 1 unspecified atom stereocenters. The Hall–Kier alpha value is -0.540. The smallest absolute Gasteiger partial charge is 0.0666 e. The Morgan fingerprint density at radius 3 is 2.22 bits per heavy atom. The van der Waals surface area contributed by atoms with E-state index in [0.717, 1.165) is 15.6 Å². The van der Waals surface area contributed by atoms with E-state index in [-0.39, 0.29) is 0 Å². The van der Waals surface area contributed by atoms with E-state index >= 15 is 0 Å². The van der Waals surface area contributed by atoms with Gasteiger partial charge in [0.2, 0.25) is 0 Å². The summed E-state index contributed by atoms with van der Waals surface area (Å²) in [4.78, 5) is 0. The van der Waals surface area contributed by atoms with E-state index in [1.807, 2.05) is 49.4 Å². The van der Waals surface area contributed by atoms with Crippen molar-refractivity contribution in [3.63, 3.8) is 0 Å². The lowest BCUT2D eigenvalue weighted by Crippen LogP contribution is -2.35. The molecule has 0 aromatic heterocycles. The van der Waals surface area contributed by atoms with Gasteiger partial charge in [-0.3, -0.25) is 0 Å². The van der Waals surface area contributed by atoms with Crippen LogP contribution < -0.4 is 5.73 Å². The molecule has 4 heteroatoms. The van der Waals surface area contributed by atoms with Crippen molar-refractivity contribution in [2.75, 3.05) is 0 Å². The monoisotopic (exact) mass is 343 g/mol. The normalized spacial score (nSPS) is 14.3. The molecule has 2 aromatic rings. The molecule has 1 atom stereocenters. The Morgan fingerprint density at radius 1 is 1.00 bits per heavy atom. The molecule has 0 amide bonds. The maximum absolute atomic E-state index is 6.43. The second-order valence-corrected chi connectivity index (χ2v) is 6.04. The first kappa shape index (κ1) is 13.9. The molecule has 94 valence electrons. The SMILES string of the molecule is CC(N)(c1ccccc1Cl)c1ccc(Br)cc1Cl. The summed E-state index contributed by atoms with van der Waals surface area (Å²) in [5.74, 6) is 0. The first-order chi connectivity index (χ1) is 8.43. The summed E-state index contributed by atoms with van der Waals surface area (Å²) < 4.78 is 0.922. The third kappa shape index (κ3) is 2.57. The largest absolute Gasteiger partial charge is 0.318 e. The van der Waals surface area contributed by atoms with Crippen LogP contribution >= 0.6 is 39.1 Å². The van der Waals surface area contributed by atoms with Crippen molar-refractivity contribution in [2.24, 2.45) is 5.73 Å². The molecule has 0 aliphatic carbocycles. The zero-order chi connectivity index (χ0) is 13.3. The fourth-order valence-electron chi connectivity index (χ4n) is 1.94. The van der Waals surface area contributed by atoms with Crippen LogP contribution in [0.1, 0.15) is 18.1 Å². The molecule has 0 radical (unpaired) electrons. The molecule has 0 spiro atoms. The molecule has 18 heavy (non-hydrogen) atoms. The van der Waals surface area contributed by atoms with Crippen LogP contribution in [-0.4, -0.2) is 0 Å². The van der Waals surface area contributed by atoms with Gasteiger partial charge in [-0.15, -0.1) is 0 Å². The Morgan fingerprint density at radius 2 is 1.61 bits per heavy atom. The highest BCUT2D eigenvalue weighted by Crippen LogP contribution is 2.36. The third-order valence-corrected chi connectivity index (χ3v) is 4.06. The second kappa shape index (κ2) is 5.22. The van der Waals surface area contributed by atoms with E-state index in [1.54, 1.807) is 0 Å². The van der Waals surface area contributed by atoms with Gasteiger partial charge in [0.1, 0.15) is 0 Å². The van der Waals surface area contributed by atoms with Crippen LogP contribution in [0.25, 0.3) is 0 Å². The highest BCUT2D eigenvalue weighted by Gasteiger charge is 2.28. The van der Waals surface area contributed by atoms with E-state index in [9.17, 15) is 0 Å². The van der Waals surface area contributed by atoms with Crippen LogP contribution in [0.5, 0.6) is 0 Å². The van der Waals surface area contributed by atoms with Crippen molar-refractivity contribution in [3.8, 4) is 0 Å². The molecule has 1 nitrogen and oxygen atoms in total. The number of halogens is 3. The quantitative estimate of drug-likeness (QED) is 0.817. The molecule has 0 bridgehead atoms. The van der Waals surface area contributed by atoms with Crippen LogP contribution in [0.4, 0.5) is 0 Å². The zero-order valence-electron chi connectivity index (χ0n) is 9.75. The van der Waals surface area contributed by atoms with Crippen LogP contribution in [0, 0.1) is 0 Å². The third-order valence-electron chi connectivity index (χ3n) is 2.92. The van der Waals surface area contributed by atoms with Gasteiger partial charge < -0.3 is 5.73 Å². The second-order valence-electron chi connectivity index (χ2n) is 4.31. The fraction of sp³-hybridized carbons (Fsp3) is 0.143. The molecule has 0 aliphatic rings. The number of rotatable bonds is 2. The van der Waals surface area contributed by atoms with Crippen LogP contribution in [0.15, 0.2) is 46.9 Å².